The Labute approximate surface area is 94.9 Å². The van der Waals surface area contributed by atoms with Gasteiger partial charge in [0.15, 0.2) is 0 Å². The fraction of sp³-hybridized carbons (Fsp3) is 0.727. The normalized spacial score (nSPS) is 17.5. The Morgan fingerprint density at radius 1 is 1.47 bits per heavy atom. The lowest BCUT2D eigenvalue weighted by Gasteiger charge is -2.10. The summed E-state index contributed by atoms with van der Waals surface area (Å²) < 4.78 is 1.91. The number of rotatable bonds is 3. The van der Waals surface area contributed by atoms with Gasteiger partial charge in [-0.15, -0.1) is 11.8 Å². The summed E-state index contributed by atoms with van der Waals surface area (Å²) in [5.41, 5.74) is 1.97. The molecule has 0 bridgehead atoms. The monoisotopic (exact) mass is 226 g/mol. The number of nitrogens with zero attached hydrogens (tertiary/aromatic N) is 2. The van der Waals surface area contributed by atoms with Gasteiger partial charge in [-0.3, -0.25) is 4.68 Å². The highest BCUT2D eigenvalue weighted by atomic mass is 32.2. The van der Waals surface area contributed by atoms with E-state index in [0.717, 1.165) is 21.5 Å². The van der Waals surface area contributed by atoms with Crippen LogP contribution in [0.4, 0.5) is 0 Å². The van der Waals surface area contributed by atoms with Gasteiger partial charge in [-0.2, -0.15) is 5.10 Å². The van der Waals surface area contributed by atoms with E-state index < -0.39 is 0 Å². The second-order valence-corrected chi connectivity index (χ2v) is 5.46. The van der Waals surface area contributed by atoms with Crippen LogP contribution in [0.1, 0.15) is 36.9 Å². The molecule has 1 aromatic heterocycles. The van der Waals surface area contributed by atoms with Crippen molar-refractivity contribution in [2.75, 3.05) is 0 Å². The first-order valence-electron chi connectivity index (χ1n) is 5.52. The summed E-state index contributed by atoms with van der Waals surface area (Å²) in [6.45, 7) is 2.07. The highest BCUT2D eigenvalue weighted by Gasteiger charge is 2.21. The molecule has 1 fully saturated rings. The van der Waals surface area contributed by atoms with E-state index in [1.165, 1.54) is 25.7 Å². The van der Waals surface area contributed by atoms with Gasteiger partial charge in [-0.1, -0.05) is 12.8 Å². The molecule has 1 heterocycles. The molecule has 2 rings (SSSR count). The van der Waals surface area contributed by atoms with E-state index >= 15 is 0 Å². The van der Waals surface area contributed by atoms with Gasteiger partial charge in [0.25, 0.3) is 0 Å². The predicted molar refractivity (Wildman–Crippen MR) is 62.0 cm³/mol. The Morgan fingerprint density at radius 2 is 2.13 bits per heavy atom. The fourth-order valence-corrected chi connectivity index (χ4v) is 3.61. The molecule has 0 spiro atoms. The molecule has 0 atom stereocenters. The lowest BCUT2D eigenvalue weighted by atomic mass is 10.3. The van der Waals surface area contributed by atoms with Crippen molar-refractivity contribution in [3.63, 3.8) is 0 Å². The second kappa shape index (κ2) is 4.58. The quantitative estimate of drug-likeness (QED) is 0.859. The van der Waals surface area contributed by atoms with Crippen LogP contribution in [0.2, 0.25) is 0 Å². The van der Waals surface area contributed by atoms with E-state index in [1.807, 2.05) is 30.4 Å². The number of hydrogen-bond donors (Lipinski definition) is 1. The van der Waals surface area contributed by atoms with Gasteiger partial charge in [-0.05, 0) is 19.8 Å². The Hall–Kier alpha value is -0.480. The third-order valence-corrected chi connectivity index (χ3v) is 4.57. The third kappa shape index (κ3) is 2.21. The van der Waals surface area contributed by atoms with Gasteiger partial charge in [0, 0.05) is 17.9 Å². The van der Waals surface area contributed by atoms with Crippen LogP contribution in [-0.4, -0.2) is 20.1 Å². The van der Waals surface area contributed by atoms with E-state index in [2.05, 4.69) is 5.10 Å². The van der Waals surface area contributed by atoms with Crippen LogP contribution in [0.15, 0.2) is 5.03 Å². The van der Waals surface area contributed by atoms with Gasteiger partial charge in [-0.25, -0.2) is 0 Å². The maximum absolute atomic E-state index is 9.32. The molecule has 1 N–H and O–H groups in total. The Kier molecular flexibility index (Phi) is 3.36. The zero-order chi connectivity index (χ0) is 10.8. The van der Waals surface area contributed by atoms with Crippen molar-refractivity contribution < 1.29 is 5.11 Å². The first-order chi connectivity index (χ1) is 7.22. The topological polar surface area (TPSA) is 38.0 Å². The van der Waals surface area contributed by atoms with E-state index in [0.29, 0.717) is 0 Å². The summed E-state index contributed by atoms with van der Waals surface area (Å²) in [7, 11) is 1.96. The van der Waals surface area contributed by atoms with Crippen LogP contribution in [0.25, 0.3) is 0 Å². The van der Waals surface area contributed by atoms with Gasteiger partial charge in [0.2, 0.25) is 0 Å². The summed E-state index contributed by atoms with van der Waals surface area (Å²) in [6.07, 6.45) is 5.31. The first kappa shape index (κ1) is 11.0. The molecule has 0 amide bonds. The summed E-state index contributed by atoms with van der Waals surface area (Å²) in [6, 6.07) is 0. The molecular weight excluding hydrogens is 208 g/mol. The van der Waals surface area contributed by atoms with Crippen LogP contribution in [-0.2, 0) is 13.7 Å². The minimum atomic E-state index is 0.106. The number of thioether (sulfide) groups is 1. The number of aliphatic hydroxyl groups excluding tert-OH is 1. The molecule has 0 aliphatic heterocycles. The van der Waals surface area contributed by atoms with Gasteiger partial charge in [0.1, 0.15) is 0 Å². The largest absolute Gasteiger partial charge is 0.392 e. The Bertz CT molecular complexity index is 343. The molecule has 1 aromatic rings. The van der Waals surface area contributed by atoms with Crippen molar-refractivity contribution in [2.45, 2.75) is 49.5 Å². The van der Waals surface area contributed by atoms with Crippen LogP contribution < -0.4 is 0 Å². The van der Waals surface area contributed by atoms with Crippen molar-refractivity contribution in [1.82, 2.24) is 9.78 Å². The second-order valence-electron chi connectivity index (χ2n) is 4.18. The maximum atomic E-state index is 9.32. The highest BCUT2D eigenvalue weighted by Crippen LogP contribution is 2.36. The molecule has 84 valence electrons. The summed E-state index contributed by atoms with van der Waals surface area (Å²) in [5, 5.41) is 15.6. The van der Waals surface area contributed by atoms with Crippen molar-refractivity contribution in [3.05, 3.63) is 11.3 Å². The fourth-order valence-electron chi connectivity index (χ4n) is 2.17. The molecule has 15 heavy (non-hydrogen) atoms. The third-order valence-electron chi connectivity index (χ3n) is 3.03. The van der Waals surface area contributed by atoms with Crippen LogP contribution >= 0.6 is 11.8 Å². The van der Waals surface area contributed by atoms with Crippen molar-refractivity contribution in [3.8, 4) is 0 Å². The van der Waals surface area contributed by atoms with Crippen molar-refractivity contribution in [2.24, 2.45) is 7.05 Å². The Balaban J connectivity index is 2.18. The van der Waals surface area contributed by atoms with Crippen molar-refractivity contribution >= 4 is 11.8 Å². The summed E-state index contributed by atoms with van der Waals surface area (Å²) in [4.78, 5) is 0. The highest BCUT2D eigenvalue weighted by molar-refractivity contribution is 7.99. The summed E-state index contributed by atoms with van der Waals surface area (Å²) in [5.74, 6) is 0. The maximum Gasteiger partial charge on any atom is 0.0997 e. The molecule has 1 saturated carbocycles. The van der Waals surface area contributed by atoms with Gasteiger partial charge < -0.3 is 5.11 Å². The molecule has 1 aliphatic carbocycles. The molecule has 4 heteroatoms. The lowest BCUT2D eigenvalue weighted by molar-refractivity contribution is 0.277. The number of hydrogen-bond acceptors (Lipinski definition) is 3. The smallest absolute Gasteiger partial charge is 0.0997 e. The average molecular weight is 226 g/mol. The Morgan fingerprint density at radius 3 is 2.73 bits per heavy atom. The zero-order valence-corrected chi connectivity index (χ0v) is 10.2. The van der Waals surface area contributed by atoms with Crippen LogP contribution in [0, 0.1) is 6.92 Å². The van der Waals surface area contributed by atoms with Gasteiger partial charge in [0.05, 0.1) is 17.3 Å². The van der Waals surface area contributed by atoms with Crippen molar-refractivity contribution in [1.29, 1.82) is 0 Å². The minimum absolute atomic E-state index is 0.106. The zero-order valence-electron chi connectivity index (χ0n) is 9.36. The molecule has 0 unspecified atom stereocenters. The minimum Gasteiger partial charge on any atom is -0.392 e. The van der Waals surface area contributed by atoms with Crippen LogP contribution in [0.5, 0.6) is 0 Å². The standard InChI is InChI=1S/C11H18N2OS/c1-8-10(7-14)11(13(2)12-8)15-9-5-3-4-6-9/h9,14H,3-7H2,1-2H3. The predicted octanol–water partition coefficient (Wildman–Crippen LogP) is 2.26. The number of aliphatic hydroxyl groups is 1. The molecule has 0 aromatic carbocycles. The molecule has 0 saturated heterocycles. The summed E-state index contributed by atoms with van der Waals surface area (Å²) >= 11 is 1.89. The lowest BCUT2D eigenvalue weighted by Crippen LogP contribution is -2.00. The van der Waals surface area contributed by atoms with Gasteiger partial charge >= 0.3 is 0 Å². The van der Waals surface area contributed by atoms with E-state index in [1.54, 1.807) is 0 Å². The van der Waals surface area contributed by atoms with Crippen LogP contribution in [0.3, 0.4) is 0 Å². The van der Waals surface area contributed by atoms with E-state index in [-0.39, 0.29) is 6.61 Å². The molecular formula is C11H18N2OS. The molecule has 0 radical (unpaired) electrons. The molecule has 3 nitrogen and oxygen atoms in total. The number of aromatic nitrogens is 2. The average Bonchev–Trinajstić information content (AvgIpc) is 2.77. The van der Waals surface area contributed by atoms with E-state index in [9.17, 15) is 5.11 Å². The number of aryl methyl sites for hydroxylation is 2. The molecule has 1 aliphatic rings. The first-order valence-corrected chi connectivity index (χ1v) is 6.40. The SMILES string of the molecule is Cc1nn(C)c(SC2CCCC2)c1CO. The van der Waals surface area contributed by atoms with E-state index in [4.69, 9.17) is 0 Å².